The van der Waals surface area contributed by atoms with E-state index in [1.807, 2.05) is 13.0 Å². The first kappa shape index (κ1) is 13.3. The summed E-state index contributed by atoms with van der Waals surface area (Å²) in [6.07, 6.45) is 1.79. The van der Waals surface area contributed by atoms with Crippen LogP contribution in [0.2, 0.25) is 0 Å². The maximum Gasteiger partial charge on any atom is 0.232 e. The minimum Gasteiger partial charge on any atom is -0.399 e. The summed E-state index contributed by atoms with van der Waals surface area (Å²) in [4.78, 5) is 0. The van der Waals surface area contributed by atoms with E-state index >= 15 is 0 Å². The Morgan fingerprint density at radius 2 is 2.12 bits per heavy atom. The summed E-state index contributed by atoms with van der Waals surface area (Å²) >= 11 is 0. The highest BCUT2D eigenvalue weighted by Gasteiger charge is 2.19. The molecule has 0 amide bonds. The number of hydrogen-bond donors (Lipinski definition) is 1. The Bertz CT molecular complexity index is 546. The molecule has 1 aromatic carbocycles. The molecule has 0 aliphatic heterocycles. The van der Waals surface area contributed by atoms with Gasteiger partial charge in [-0.2, -0.15) is 5.26 Å². The number of hydrogen-bond acceptors (Lipinski definition) is 4. The molecule has 0 atom stereocenters. The van der Waals surface area contributed by atoms with E-state index in [1.54, 1.807) is 12.1 Å². The van der Waals surface area contributed by atoms with Gasteiger partial charge in [-0.3, -0.25) is 4.31 Å². The van der Waals surface area contributed by atoms with Gasteiger partial charge in [-0.05, 0) is 24.6 Å². The second-order valence-electron chi connectivity index (χ2n) is 3.72. The van der Waals surface area contributed by atoms with Crippen LogP contribution in [0.5, 0.6) is 0 Å². The van der Waals surface area contributed by atoms with Gasteiger partial charge in [-0.1, -0.05) is 6.92 Å². The Balaban J connectivity index is 3.34. The molecule has 1 aromatic rings. The van der Waals surface area contributed by atoms with Crippen molar-refractivity contribution < 1.29 is 8.42 Å². The fourth-order valence-corrected chi connectivity index (χ4v) is 2.56. The molecule has 0 bridgehead atoms. The van der Waals surface area contributed by atoms with Crippen LogP contribution in [0.1, 0.15) is 18.9 Å². The topological polar surface area (TPSA) is 87.2 Å². The SMILES string of the molecule is CCCN(c1ccc(N)cc1C#N)S(C)(=O)=O. The van der Waals surface area contributed by atoms with Crippen LogP contribution in [0.25, 0.3) is 0 Å². The second-order valence-corrected chi connectivity index (χ2v) is 5.63. The molecule has 0 heterocycles. The molecular formula is C11H15N3O2S. The minimum atomic E-state index is -3.38. The number of nitrogens with two attached hydrogens (primary N) is 1. The number of nitrogens with zero attached hydrogens (tertiary/aromatic N) is 2. The molecule has 0 aliphatic carbocycles. The lowest BCUT2D eigenvalue weighted by Gasteiger charge is -2.22. The highest BCUT2D eigenvalue weighted by molar-refractivity contribution is 7.92. The van der Waals surface area contributed by atoms with Gasteiger partial charge in [-0.15, -0.1) is 0 Å². The number of nitriles is 1. The molecule has 92 valence electrons. The van der Waals surface area contributed by atoms with E-state index in [0.717, 1.165) is 6.26 Å². The number of anilines is 2. The third-order valence-electron chi connectivity index (χ3n) is 2.24. The van der Waals surface area contributed by atoms with Crippen molar-refractivity contribution in [2.24, 2.45) is 0 Å². The summed E-state index contributed by atoms with van der Waals surface area (Å²) < 4.78 is 24.5. The summed E-state index contributed by atoms with van der Waals surface area (Å²) in [5.41, 5.74) is 6.66. The van der Waals surface area contributed by atoms with Crippen molar-refractivity contribution in [3.8, 4) is 6.07 Å². The van der Waals surface area contributed by atoms with Gasteiger partial charge in [0.25, 0.3) is 0 Å². The van der Waals surface area contributed by atoms with Crippen molar-refractivity contribution >= 4 is 21.4 Å². The van der Waals surface area contributed by atoms with Gasteiger partial charge < -0.3 is 5.73 Å². The lowest BCUT2D eigenvalue weighted by molar-refractivity contribution is 0.596. The van der Waals surface area contributed by atoms with Crippen LogP contribution in [-0.4, -0.2) is 21.2 Å². The molecule has 0 fully saturated rings. The molecule has 0 unspecified atom stereocenters. The third-order valence-corrected chi connectivity index (χ3v) is 3.42. The van der Waals surface area contributed by atoms with E-state index in [4.69, 9.17) is 11.0 Å². The van der Waals surface area contributed by atoms with Crippen LogP contribution in [0.4, 0.5) is 11.4 Å². The molecule has 0 saturated heterocycles. The Labute approximate surface area is 102 Å². The van der Waals surface area contributed by atoms with Gasteiger partial charge in [-0.25, -0.2) is 8.42 Å². The quantitative estimate of drug-likeness (QED) is 0.820. The molecule has 2 N–H and O–H groups in total. The van der Waals surface area contributed by atoms with Crippen molar-refractivity contribution in [3.63, 3.8) is 0 Å². The average molecular weight is 253 g/mol. The third kappa shape index (κ3) is 3.11. The zero-order valence-electron chi connectivity index (χ0n) is 9.84. The Hall–Kier alpha value is -1.74. The first-order chi connectivity index (χ1) is 7.90. The number of nitrogen functional groups attached to an aromatic ring is 1. The van der Waals surface area contributed by atoms with Gasteiger partial charge in [0.05, 0.1) is 17.5 Å². The second kappa shape index (κ2) is 5.06. The Kier molecular flexibility index (Phi) is 3.97. The number of rotatable bonds is 4. The summed E-state index contributed by atoms with van der Waals surface area (Å²) in [5.74, 6) is 0. The number of benzene rings is 1. The van der Waals surface area contributed by atoms with Crippen LogP contribution >= 0.6 is 0 Å². The molecule has 0 saturated carbocycles. The van der Waals surface area contributed by atoms with Crippen molar-refractivity contribution in [1.29, 1.82) is 5.26 Å². The van der Waals surface area contributed by atoms with Crippen LogP contribution in [0.3, 0.4) is 0 Å². The van der Waals surface area contributed by atoms with Gasteiger partial charge >= 0.3 is 0 Å². The molecule has 0 aliphatic rings. The van der Waals surface area contributed by atoms with E-state index in [-0.39, 0.29) is 5.56 Å². The summed E-state index contributed by atoms with van der Waals surface area (Å²) in [7, 11) is -3.38. The Morgan fingerprint density at radius 3 is 2.59 bits per heavy atom. The maximum absolute atomic E-state index is 11.7. The van der Waals surface area contributed by atoms with E-state index < -0.39 is 10.0 Å². The molecule has 6 heteroatoms. The zero-order valence-corrected chi connectivity index (χ0v) is 10.7. The van der Waals surface area contributed by atoms with Gasteiger partial charge in [0, 0.05) is 12.2 Å². The van der Waals surface area contributed by atoms with Crippen molar-refractivity contribution in [1.82, 2.24) is 0 Å². The first-order valence-corrected chi connectivity index (χ1v) is 7.02. The van der Waals surface area contributed by atoms with Crippen molar-refractivity contribution in [3.05, 3.63) is 23.8 Å². The van der Waals surface area contributed by atoms with Crippen LogP contribution in [0.15, 0.2) is 18.2 Å². The fraction of sp³-hybridized carbons (Fsp3) is 0.364. The lowest BCUT2D eigenvalue weighted by atomic mass is 10.1. The predicted octanol–water partition coefficient (Wildman–Crippen LogP) is 1.32. The van der Waals surface area contributed by atoms with Gasteiger partial charge in [0.1, 0.15) is 6.07 Å². The largest absolute Gasteiger partial charge is 0.399 e. The smallest absolute Gasteiger partial charge is 0.232 e. The molecule has 5 nitrogen and oxygen atoms in total. The molecule has 1 rings (SSSR count). The van der Waals surface area contributed by atoms with E-state index in [0.29, 0.717) is 24.3 Å². The van der Waals surface area contributed by atoms with Crippen molar-refractivity contribution in [2.75, 3.05) is 22.8 Å². The van der Waals surface area contributed by atoms with Crippen LogP contribution in [-0.2, 0) is 10.0 Å². The van der Waals surface area contributed by atoms with E-state index in [2.05, 4.69) is 0 Å². The summed E-state index contributed by atoms with van der Waals surface area (Å²) in [6.45, 7) is 2.22. The van der Waals surface area contributed by atoms with Crippen LogP contribution in [0, 0.1) is 11.3 Å². The first-order valence-electron chi connectivity index (χ1n) is 5.17. The summed E-state index contributed by atoms with van der Waals surface area (Å²) in [5, 5.41) is 9.00. The fourth-order valence-electron chi connectivity index (χ4n) is 1.53. The lowest BCUT2D eigenvalue weighted by Crippen LogP contribution is -2.31. The maximum atomic E-state index is 11.7. The Morgan fingerprint density at radius 1 is 1.47 bits per heavy atom. The molecule has 0 radical (unpaired) electrons. The van der Waals surface area contributed by atoms with Gasteiger partial charge in [0.2, 0.25) is 10.0 Å². The van der Waals surface area contributed by atoms with Crippen molar-refractivity contribution in [2.45, 2.75) is 13.3 Å². The molecule has 17 heavy (non-hydrogen) atoms. The summed E-state index contributed by atoms with van der Waals surface area (Å²) in [6, 6.07) is 6.58. The molecule has 0 spiro atoms. The standard InChI is InChI=1S/C11H15N3O2S/c1-3-6-14(17(2,15)16)11-5-4-10(13)7-9(11)8-12/h4-5,7H,3,6,13H2,1-2H3. The number of sulfonamides is 1. The monoisotopic (exact) mass is 253 g/mol. The highest BCUT2D eigenvalue weighted by atomic mass is 32.2. The minimum absolute atomic E-state index is 0.267. The van der Waals surface area contributed by atoms with Gasteiger partial charge in [0.15, 0.2) is 0 Å². The normalized spacial score (nSPS) is 10.9. The van der Waals surface area contributed by atoms with Crippen LogP contribution < -0.4 is 10.0 Å². The average Bonchev–Trinajstić information content (AvgIpc) is 2.25. The van der Waals surface area contributed by atoms with E-state index in [1.165, 1.54) is 10.4 Å². The highest BCUT2D eigenvalue weighted by Crippen LogP contribution is 2.24. The van der Waals surface area contributed by atoms with E-state index in [9.17, 15) is 8.42 Å². The predicted molar refractivity (Wildman–Crippen MR) is 68.1 cm³/mol. The molecular weight excluding hydrogens is 238 g/mol. The zero-order chi connectivity index (χ0) is 13.1. The molecule has 0 aromatic heterocycles.